The average molecular weight is 444 g/mol. The van der Waals surface area contributed by atoms with E-state index in [9.17, 15) is 18.0 Å². The van der Waals surface area contributed by atoms with Crippen molar-refractivity contribution in [3.8, 4) is 5.75 Å². The Morgan fingerprint density at radius 1 is 1.06 bits per heavy atom. The average Bonchev–Trinajstić information content (AvgIpc) is 3.17. The molecule has 0 aliphatic heterocycles. The summed E-state index contributed by atoms with van der Waals surface area (Å²) < 4.78 is 51.3. The number of alkyl halides is 3. The third-order valence-electron chi connectivity index (χ3n) is 4.70. The fraction of sp³-hybridized carbons (Fsp3) is 0.250. The smallest absolute Gasteiger partial charge is 0.434 e. The standard InChI is InChI=1S/C24H23F3N2O3/c1-3-32-23(30)13-10-17-4-6-18(7-5-17)14-22-28-21(24(25,26)27)16-29(22)15-19-8-11-20(31-2)12-9-19/h4-13,16H,3,14-15H2,1-2H3/b13-10-. The van der Waals surface area contributed by atoms with Crippen molar-refractivity contribution in [1.82, 2.24) is 9.55 Å². The summed E-state index contributed by atoms with van der Waals surface area (Å²) >= 11 is 0. The summed E-state index contributed by atoms with van der Waals surface area (Å²) in [5.74, 6) is 0.549. The lowest BCUT2D eigenvalue weighted by atomic mass is 10.1. The molecule has 0 atom stereocenters. The van der Waals surface area contributed by atoms with E-state index >= 15 is 0 Å². The topological polar surface area (TPSA) is 53.3 Å². The zero-order chi connectivity index (χ0) is 23.1. The third kappa shape index (κ3) is 6.23. The molecule has 0 aliphatic carbocycles. The molecule has 0 amide bonds. The Hall–Kier alpha value is -3.55. The second-order valence-electron chi connectivity index (χ2n) is 7.02. The molecule has 3 aromatic rings. The summed E-state index contributed by atoms with van der Waals surface area (Å²) in [5.41, 5.74) is 1.49. The summed E-state index contributed by atoms with van der Waals surface area (Å²) in [6, 6.07) is 14.3. The van der Waals surface area contributed by atoms with Crippen LogP contribution in [-0.2, 0) is 28.7 Å². The number of nitrogens with zero attached hydrogens (tertiary/aromatic N) is 2. The van der Waals surface area contributed by atoms with Gasteiger partial charge in [-0.25, -0.2) is 9.78 Å². The number of carbonyl (C=O) groups excluding carboxylic acids is 1. The molecule has 0 fully saturated rings. The molecule has 2 aromatic carbocycles. The third-order valence-corrected chi connectivity index (χ3v) is 4.70. The number of esters is 1. The number of imidazole rings is 1. The molecule has 0 radical (unpaired) electrons. The minimum Gasteiger partial charge on any atom is -0.497 e. The van der Waals surface area contributed by atoms with Crippen LogP contribution in [0.5, 0.6) is 5.75 Å². The number of halogens is 3. The van der Waals surface area contributed by atoms with E-state index in [1.54, 1.807) is 68.6 Å². The number of ether oxygens (including phenoxy) is 2. The van der Waals surface area contributed by atoms with Crippen LogP contribution in [0.15, 0.2) is 60.8 Å². The maximum Gasteiger partial charge on any atom is 0.434 e. The van der Waals surface area contributed by atoms with Crippen LogP contribution in [0.2, 0.25) is 0 Å². The number of hydrogen-bond donors (Lipinski definition) is 0. The lowest BCUT2D eigenvalue weighted by Crippen LogP contribution is -2.05. The summed E-state index contributed by atoms with van der Waals surface area (Å²) in [6.07, 6.45) is -0.310. The number of aromatic nitrogens is 2. The van der Waals surface area contributed by atoms with Crippen molar-refractivity contribution in [3.05, 3.63) is 89.0 Å². The molecule has 8 heteroatoms. The van der Waals surface area contributed by atoms with E-state index in [0.717, 1.165) is 22.9 Å². The summed E-state index contributed by atoms with van der Waals surface area (Å²) in [6.45, 7) is 2.28. The van der Waals surface area contributed by atoms with Gasteiger partial charge in [0.25, 0.3) is 0 Å². The first-order valence-corrected chi connectivity index (χ1v) is 9.98. The molecule has 1 heterocycles. The van der Waals surface area contributed by atoms with Crippen molar-refractivity contribution < 1.29 is 27.4 Å². The molecule has 168 valence electrons. The van der Waals surface area contributed by atoms with Crippen LogP contribution in [0, 0.1) is 0 Å². The van der Waals surface area contributed by atoms with Crippen molar-refractivity contribution >= 4 is 12.0 Å². The molecule has 0 bridgehead atoms. The monoisotopic (exact) mass is 444 g/mol. The Kier molecular flexibility index (Phi) is 7.35. The fourth-order valence-electron chi connectivity index (χ4n) is 3.08. The van der Waals surface area contributed by atoms with E-state index in [0.29, 0.717) is 18.2 Å². The van der Waals surface area contributed by atoms with E-state index in [-0.39, 0.29) is 13.0 Å². The van der Waals surface area contributed by atoms with Crippen LogP contribution in [0.4, 0.5) is 13.2 Å². The normalized spacial score (nSPS) is 11.7. The van der Waals surface area contributed by atoms with Gasteiger partial charge in [-0.05, 0) is 41.8 Å². The van der Waals surface area contributed by atoms with Crippen molar-refractivity contribution in [3.63, 3.8) is 0 Å². The minimum atomic E-state index is -4.53. The fourth-order valence-corrected chi connectivity index (χ4v) is 3.08. The van der Waals surface area contributed by atoms with Gasteiger partial charge in [-0.3, -0.25) is 0 Å². The SMILES string of the molecule is CCOC(=O)/C=C\c1ccc(Cc2nc(C(F)(F)F)cn2Cc2ccc(OC)cc2)cc1. The number of hydrogen-bond acceptors (Lipinski definition) is 4. The van der Waals surface area contributed by atoms with Gasteiger partial charge in [0.15, 0.2) is 5.69 Å². The van der Waals surface area contributed by atoms with Crippen LogP contribution >= 0.6 is 0 Å². The predicted octanol–water partition coefficient (Wildman–Crippen LogP) is 5.13. The van der Waals surface area contributed by atoms with Gasteiger partial charge in [-0.2, -0.15) is 13.2 Å². The van der Waals surface area contributed by atoms with Gasteiger partial charge < -0.3 is 14.0 Å². The molecule has 0 spiro atoms. The van der Waals surface area contributed by atoms with Gasteiger partial charge in [0.2, 0.25) is 0 Å². The summed E-state index contributed by atoms with van der Waals surface area (Å²) in [7, 11) is 1.55. The maximum absolute atomic E-state index is 13.3. The molecule has 3 rings (SSSR count). The Bertz CT molecular complexity index is 1070. The highest BCUT2D eigenvalue weighted by atomic mass is 19.4. The van der Waals surface area contributed by atoms with E-state index in [1.165, 1.54) is 10.6 Å². The van der Waals surface area contributed by atoms with Crippen LogP contribution in [0.25, 0.3) is 6.08 Å². The molecule has 0 saturated carbocycles. The van der Waals surface area contributed by atoms with Gasteiger partial charge in [0, 0.05) is 25.2 Å². The first-order valence-electron chi connectivity index (χ1n) is 9.98. The van der Waals surface area contributed by atoms with E-state index in [2.05, 4.69) is 4.98 Å². The van der Waals surface area contributed by atoms with Gasteiger partial charge in [0.1, 0.15) is 11.6 Å². The summed E-state index contributed by atoms with van der Waals surface area (Å²) in [4.78, 5) is 15.3. The van der Waals surface area contributed by atoms with Crippen molar-refractivity contribution in [2.24, 2.45) is 0 Å². The molecular formula is C24H23F3N2O3. The number of rotatable bonds is 8. The molecule has 1 aromatic heterocycles. The molecule has 0 unspecified atom stereocenters. The first-order chi connectivity index (χ1) is 15.3. The highest BCUT2D eigenvalue weighted by Crippen LogP contribution is 2.29. The molecule has 0 aliphatic rings. The zero-order valence-corrected chi connectivity index (χ0v) is 17.7. The van der Waals surface area contributed by atoms with Crippen molar-refractivity contribution in [1.29, 1.82) is 0 Å². The van der Waals surface area contributed by atoms with E-state index in [4.69, 9.17) is 9.47 Å². The number of carbonyl (C=O) groups is 1. The Balaban J connectivity index is 1.80. The van der Waals surface area contributed by atoms with E-state index in [1.807, 2.05) is 0 Å². The van der Waals surface area contributed by atoms with Gasteiger partial charge >= 0.3 is 12.1 Å². The molecule has 0 saturated heterocycles. The second kappa shape index (κ2) is 10.2. The van der Waals surface area contributed by atoms with Gasteiger partial charge in [-0.15, -0.1) is 0 Å². The van der Waals surface area contributed by atoms with Crippen LogP contribution in [0.1, 0.15) is 35.1 Å². The second-order valence-corrected chi connectivity index (χ2v) is 7.02. The number of methoxy groups -OCH3 is 1. The number of benzene rings is 2. The summed E-state index contributed by atoms with van der Waals surface area (Å²) in [5, 5.41) is 0. The predicted molar refractivity (Wildman–Crippen MR) is 114 cm³/mol. The maximum atomic E-state index is 13.3. The van der Waals surface area contributed by atoms with Crippen molar-refractivity contribution in [2.45, 2.75) is 26.1 Å². The highest BCUT2D eigenvalue weighted by Gasteiger charge is 2.34. The Labute approximate surface area is 184 Å². The highest BCUT2D eigenvalue weighted by molar-refractivity contribution is 5.87. The van der Waals surface area contributed by atoms with E-state index < -0.39 is 17.8 Å². The van der Waals surface area contributed by atoms with Crippen molar-refractivity contribution in [2.75, 3.05) is 13.7 Å². The lowest BCUT2D eigenvalue weighted by molar-refractivity contribution is -0.141. The Morgan fingerprint density at radius 2 is 1.72 bits per heavy atom. The molecule has 0 N–H and O–H groups in total. The van der Waals surface area contributed by atoms with Gasteiger partial charge in [-0.1, -0.05) is 36.4 Å². The lowest BCUT2D eigenvalue weighted by Gasteiger charge is -2.09. The molecule has 5 nitrogen and oxygen atoms in total. The van der Waals surface area contributed by atoms with Crippen LogP contribution in [0.3, 0.4) is 0 Å². The molecule has 32 heavy (non-hydrogen) atoms. The quantitative estimate of drug-likeness (QED) is 0.357. The Morgan fingerprint density at radius 3 is 2.31 bits per heavy atom. The van der Waals surface area contributed by atoms with Gasteiger partial charge in [0.05, 0.1) is 13.7 Å². The molecular weight excluding hydrogens is 421 g/mol. The first kappa shape index (κ1) is 23.1. The van der Waals surface area contributed by atoms with Crippen LogP contribution in [-0.4, -0.2) is 29.2 Å². The minimum absolute atomic E-state index is 0.230. The largest absolute Gasteiger partial charge is 0.497 e. The van der Waals surface area contributed by atoms with Crippen LogP contribution < -0.4 is 4.74 Å². The zero-order valence-electron chi connectivity index (χ0n) is 17.7.